The Balaban J connectivity index is 3.09. The first-order valence-corrected chi connectivity index (χ1v) is 7.45. The maximum absolute atomic E-state index is 9.60. The summed E-state index contributed by atoms with van der Waals surface area (Å²) in [5.74, 6) is 0. The van der Waals surface area contributed by atoms with Crippen LogP contribution < -0.4 is 0 Å². The lowest BCUT2D eigenvalue weighted by Crippen LogP contribution is -2.28. The Kier molecular flexibility index (Phi) is 11.0. The third-order valence-electron chi connectivity index (χ3n) is 3.41. The number of rotatable bonds is 12. The van der Waals surface area contributed by atoms with Gasteiger partial charge in [-0.3, -0.25) is 0 Å². The van der Waals surface area contributed by atoms with Gasteiger partial charge in [-0.1, -0.05) is 71.1 Å². The molecule has 0 bridgehead atoms. The number of aliphatic hydroxyl groups is 2. The molecule has 0 aliphatic rings. The number of hydrogen-bond donors (Lipinski definition) is 2. The van der Waals surface area contributed by atoms with Crippen LogP contribution in [-0.2, 0) is 0 Å². The van der Waals surface area contributed by atoms with Gasteiger partial charge in [0.25, 0.3) is 0 Å². The van der Waals surface area contributed by atoms with Crippen LogP contribution in [0.3, 0.4) is 0 Å². The summed E-state index contributed by atoms with van der Waals surface area (Å²) >= 11 is 0. The molecule has 0 saturated heterocycles. The number of hydrogen-bond acceptors (Lipinski definition) is 2. The van der Waals surface area contributed by atoms with Crippen molar-refractivity contribution in [1.29, 1.82) is 0 Å². The van der Waals surface area contributed by atoms with Gasteiger partial charge in [0.05, 0.1) is 12.2 Å². The van der Waals surface area contributed by atoms with Crippen molar-refractivity contribution in [2.24, 2.45) is 0 Å². The second-order valence-electron chi connectivity index (χ2n) is 5.59. The molecule has 0 fully saturated rings. The monoisotopic (exact) mass is 244 g/mol. The third-order valence-corrected chi connectivity index (χ3v) is 3.41. The first kappa shape index (κ1) is 16.9. The molecule has 17 heavy (non-hydrogen) atoms. The maximum Gasteiger partial charge on any atom is 0.0849 e. The van der Waals surface area contributed by atoms with Crippen molar-refractivity contribution in [1.82, 2.24) is 0 Å². The number of aliphatic hydroxyl groups excluding tert-OH is 1. The van der Waals surface area contributed by atoms with E-state index in [-0.39, 0.29) is 6.61 Å². The van der Waals surface area contributed by atoms with E-state index in [4.69, 9.17) is 5.11 Å². The Hall–Kier alpha value is -0.0800. The maximum atomic E-state index is 9.60. The molecule has 0 amide bonds. The van der Waals surface area contributed by atoms with Crippen molar-refractivity contribution in [2.75, 3.05) is 6.61 Å². The van der Waals surface area contributed by atoms with Gasteiger partial charge in [0.1, 0.15) is 0 Å². The van der Waals surface area contributed by atoms with Crippen molar-refractivity contribution in [3.8, 4) is 0 Å². The molecule has 0 spiro atoms. The van der Waals surface area contributed by atoms with Crippen LogP contribution in [0, 0.1) is 0 Å². The summed E-state index contributed by atoms with van der Waals surface area (Å²) in [6, 6.07) is 0. The van der Waals surface area contributed by atoms with Crippen molar-refractivity contribution in [2.45, 2.75) is 90.1 Å². The van der Waals surface area contributed by atoms with Crippen LogP contribution >= 0.6 is 0 Å². The average molecular weight is 244 g/mol. The molecule has 0 aromatic carbocycles. The molecule has 0 radical (unpaired) electrons. The second-order valence-corrected chi connectivity index (χ2v) is 5.59. The smallest absolute Gasteiger partial charge is 0.0849 e. The molecule has 1 unspecified atom stereocenters. The van der Waals surface area contributed by atoms with Crippen LogP contribution in [0.25, 0.3) is 0 Å². The Morgan fingerprint density at radius 2 is 1.18 bits per heavy atom. The normalized spacial score (nSPS) is 14.8. The lowest BCUT2D eigenvalue weighted by atomic mass is 9.98. The topological polar surface area (TPSA) is 40.5 Å². The third kappa shape index (κ3) is 12.2. The van der Waals surface area contributed by atoms with Gasteiger partial charge < -0.3 is 10.2 Å². The summed E-state index contributed by atoms with van der Waals surface area (Å²) in [4.78, 5) is 0. The van der Waals surface area contributed by atoms with Crippen LogP contribution in [0.2, 0.25) is 0 Å². The number of unbranched alkanes of at least 4 members (excludes halogenated alkanes) is 9. The Morgan fingerprint density at radius 3 is 1.59 bits per heavy atom. The zero-order valence-corrected chi connectivity index (χ0v) is 11.9. The summed E-state index contributed by atoms with van der Waals surface area (Å²) in [5.41, 5.74) is -0.861. The summed E-state index contributed by atoms with van der Waals surface area (Å²) < 4.78 is 0. The van der Waals surface area contributed by atoms with E-state index < -0.39 is 5.60 Å². The van der Waals surface area contributed by atoms with Crippen LogP contribution in [0.15, 0.2) is 0 Å². The first-order chi connectivity index (χ1) is 8.12. The van der Waals surface area contributed by atoms with Gasteiger partial charge in [0.2, 0.25) is 0 Å². The van der Waals surface area contributed by atoms with Gasteiger partial charge in [0.15, 0.2) is 0 Å². The van der Waals surface area contributed by atoms with Crippen LogP contribution in [0.5, 0.6) is 0 Å². The van der Waals surface area contributed by atoms with E-state index in [1.165, 1.54) is 57.8 Å². The minimum absolute atomic E-state index is 0.121. The molecule has 0 aliphatic carbocycles. The first-order valence-electron chi connectivity index (χ1n) is 7.45. The zero-order valence-electron chi connectivity index (χ0n) is 11.9. The minimum Gasteiger partial charge on any atom is -0.393 e. The molecule has 0 aromatic rings. The van der Waals surface area contributed by atoms with E-state index >= 15 is 0 Å². The Bertz CT molecular complexity index is 155. The summed E-state index contributed by atoms with van der Waals surface area (Å²) in [6.45, 7) is 3.84. The molecular weight excluding hydrogens is 212 g/mol. The highest BCUT2D eigenvalue weighted by atomic mass is 16.3. The Labute approximate surface area is 107 Å². The summed E-state index contributed by atoms with van der Waals surface area (Å²) in [7, 11) is 0. The highest BCUT2D eigenvalue weighted by Gasteiger charge is 2.17. The molecule has 2 heteroatoms. The predicted molar refractivity (Wildman–Crippen MR) is 74.2 cm³/mol. The molecule has 104 valence electrons. The predicted octanol–water partition coefficient (Wildman–Crippen LogP) is 4.04. The van der Waals surface area contributed by atoms with E-state index in [2.05, 4.69) is 6.92 Å². The molecule has 1 atom stereocenters. The van der Waals surface area contributed by atoms with Crippen LogP contribution in [-0.4, -0.2) is 22.4 Å². The van der Waals surface area contributed by atoms with E-state index in [0.29, 0.717) is 0 Å². The van der Waals surface area contributed by atoms with E-state index in [0.717, 1.165) is 12.8 Å². The zero-order chi connectivity index (χ0) is 13.0. The fourth-order valence-electron chi connectivity index (χ4n) is 2.07. The van der Waals surface area contributed by atoms with Crippen LogP contribution in [0.1, 0.15) is 84.5 Å². The second kappa shape index (κ2) is 11.0. The van der Waals surface area contributed by atoms with Crippen molar-refractivity contribution in [3.05, 3.63) is 0 Å². The lowest BCUT2D eigenvalue weighted by Gasteiger charge is -2.19. The fourth-order valence-corrected chi connectivity index (χ4v) is 2.07. The van der Waals surface area contributed by atoms with Crippen molar-refractivity contribution < 1.29 is 10.2 Å². The lowest BCUT2D eigenvalue weighted by molar-refractivity contribution is -0.00695. The minimum atomic E-state index is -0.861. The molecule has 0 heterocycles. The van der Waals surface area contributed by atoms with Gasteiger partial charge in [-0.05, 0) is 13.3 Å². The largest absolute Gasteiger partial charge is 0.393 e. The highest BCUT2D eigenvalue weighted by Crippen LogP contribution is 2.15. The van der Waals surface area contributed by atoms with Gasteiger partial charge in [-0.2, -0.15) is 0 Å². The molecule has 0 saturated carbocycles. The van der Waals surface area contributed by atoms with Gasteiger partial charge in [0, 0.05) is 0 Å². The molecule has 2 N–H and O–H groups in total. The molecule has 0 rings (SSSR count). The molecule has 0 aliphatic heterocycles. The average Bonchev–Trinajstić information content (AvgIpc) is 2.31. The van der Waals surface area contributed by atoms with Crippen molar-refractivity contribution in [3.63, 3.8) is 0 Å². The summed E-state index contributed by atoms with van der Waals surface area (Å²) in [6.07, 6.45) is 13.8. The highest BCUT2D eigenvalue weighted by molar-refractivity contribution is 4.70. The van der Waals surface area contributed by atoms with Crippen LogP contribution in [0.4, 0.5) is 0 Å². The van der Waals surface area contributed by atoms with Gasteiger partial charge in [-0.25, -0.2) is 0 Å². The molecular formula is C15H32O2. The SMILES string of the molecule is CCCCCCCCCCCCC(C)(O)CO. The van der Waals surface area contributed by atoms with Gasteiger partial charge >= 0.3 is 0 Å². The van der Waals surface area contributed by atoms with E-state index in [1.54, 1.807) is 6.92 Å². The molecule has 2 nitrogen and oxygen atoms in total. The Morgan fingerprint density at radius 1 is 0.765 bits per heavy atom. The van der Waals surface area contributed by atoms with E-state index in [1.807, 2.05) is 0 Å². The quantitative estimate of drug-likeness (QED) is 0.509. The van der Waals surface area contributed by atoms with E-state index in [9.17, 15) is 5.11 Å². The fraction of sp³-hybridized carbons (Fsp3) is 1.00. The summed E-state index contributed by atoms with van der Waals surface area (Å²) in [5, 5.41) is 18.5. The van der Waals surface area contributed by atoms with Gasteiger partial charge in [-0.15, -0.1) is 0 Å². The molecule has 0 aromatic heterocycles. The van der Waals surface area contributed by atoms with Crippen molar-refractivity contribution >= 4 is 0 Å². The standard InChI is InChI=1S/C15H32O2/c1-3-4-5-6-7-8-9-10-11-12-13-15(2,17)14-16/h16-17H,3-14H2,1-2H3.